The predicted molar refractivity (Wildman–Crippen MR) is 132 cm³/mol. The van der Waals surface area contributed by atoms with Gasteiger partial charge in [-0.25, -0.2) is 4.79 Å². The van der Waals surface area contributed by atoms with Crippen LogP contribution < -0.4 is 0 Å². The van der Waals surface area contributed by atoms with Crippen LogP contribution in [0.25, 0.3) is 10.9 Å². The Hall–Kier alpha value is -3.84. The third-order valence-corrected chi connectivity index (χ3v) is 7.20. The SMILES string of the molecule is COC(=O)c1cn(C(=O)c2ccc([C@H]3SCC(=O)N3Cc3ccccc3)cc2)c2ccccc12. The van der Waals surface area contributed by atoms with Crippen molar-refractivity contribution in [1.29, 1.82) is 0 Å². The van der Waals surface area contributed by atoms with Crippen molar-refractivity contribution >= 4 is 40.4 Å². The van der Waals surface area contributed by atoms with Crippen molar-refractivity contribution in [2.24, 2.45) is 0 Å². The van der Waals surface area contributed by atoms with Crippen molar-refractivity contribution < 1.29 is 19.1 Å². The number of thioether (sulfide) groups is 1. The molecule has 3 aromatic carbocycles. The van der Waals surface area contributed by atoms with Crippen molar-refractivity contribution in [3.8, 4) is 0 Å². The Kier molecular flexibility index (Phi) is 5.94. The molecule has 34 heavy (non-hydrogen) atoms. The highest BCUT2D eigenvalue weighted by Crippen LogP contribution is 2.39. The molecular weight excluding hydrogens is 448 g/mol. The largest absolute Gasteiger partial charge is 0.465 e. The van der Waals surface area contributed by atoms with Gasteiger partial charge in [-0.15, -0.1) is 11.8 Å². The van der Waals surface area contributed by atoms with E-state index >= 15 is 0 Å². The summed E-state index contributed by atoms with van der Waals surface area (Å²) in [7, 11) is 1.32. The number of fused-ring (bicyclic) bond motifs is 1. The minimum absolute atomic E-state index is 0.102. The lowest BCUT2D eigenvalue weighted by molar-refractivity contribution is -0.128. The normalized spacial score (nSPS) is 15.6. The van der Waals surface area contributed by atoms with E-state index in [1.54, 1.807) is 36.0 Å². The zero-order chi connectivity index (χ0) is 23.7. The number of hydrogen-bond acceptors (Lipinski definition) is 5. The van der Waals surface area contributed by atoms with E-state index in [0.29, 0.717) is 34.3 Å². The number of methoxy groups -OCH3 is 1. The number of carbonyl (C=O) groups is 3. The van der Waals surface area contributed by atoms with Crippen LogP contribution >= 0.6 is 11.8 Å². The molecule has 0 aliphatic carbocycles. The molecule has 6 nitrogen and oxygen atoms in total. The summed E-state index contributed by atoms with van der Waals surface area (Å²) in [6.07, 6.45) is 1.53. The number of esters is 1. The Labute approximate surface area is 201 Å². The van der Waals surface area contributed by atoms with Gasteiger partial charge in [-0.3, -0.25) is 14.2 Å². The zero-order valence-electron chi connectivity index (χ0n) is 18.5. The van der Waals surface area contributed by atoms with Crippen LogP contribution in [0.1, 0.15) is 37.2 Å². The second-order valence-corrected chi connectivity index (χ2v) is 9.09. The topological polar surface area (TPSA) is 68.6 Å². The van der Waals surface area contributed by atoms with E-state index in [9.17, 15) is 14.4 Å². The number of amides is 1. The van der Waals surface area contributed by atoms with Crippen LogP contribution in [-0.4, -0.2) is 40.1 Å². The van der Waals surface area contributed by atoms with Crippen molar-refractivity contribution in [2.45, 2.75) is 11.9 Å². The summed E-state index contributed by atoms with van der Waals surface area (Å²) < 4.78 is 6.36. The number of para-hydroxylation sites is 1. The Balaban J connectivity index is 1.42. The molecule has 0 saturated carbocycles. The molecule has 0 N–H and O–H groups in total. The summed E-state index contributed by atoms with van der Waals surface area (Å²) in [5.41, 5.74) is 3.53. The van der Waals surface area contributed by atoms with E-state index < -0.39 is 5.97 Å². The number of aromatic nitrogens is 1. The average Bonchev–Trinajstić information content (AvgIpc) is 3.45. The molecule has 1 atom stereocenters. The molecule has 1 saturated heterocycles. The van der Waals surface area contributed by atoms with Crippen LogP contribution in [0.4, 0.5) is 0 Å². The van der Waals surface area contributed by atoms with Crippen molar-refractivity contribution in [2.75, 3.05) is 12.9 Å². The Morgan fingerprint density at radius 2 is 1.68 bits per heavy atom. The fraction of sp³-hybridized carbons (Fsp3) is 0.148. The first-order valence-electron chi connectivity index (χ1n) is 10.8. The number of benzene rings is 3. The first-order valence-corrected chi connectivity index (χ1v) is 11.9. The summed E-state index contributed by atoms with van der Waals surface area (Å²) in [6, 6.07) is 24.5. The first-order chi connectivity index (χ1) is 16.6. The number of rotatable bonds is 5. The van der Waals surface area contributed by atoms with E-state index in [2.05, 4.69) is 0 Å². The van der Waals surface area contributed by atoms with Crippen LogP contribution in [0, 0.1) is 0 Å². The molecule has 0 spiro atoms. The lowest BCUT2D eigenvalue weighted by atomic mass is 10.1. The van der Waals surface area contributed by atoms with Crippen molar-refractivity contribution in [3.05, 3.63) is 107 Å². The molecule has 4 aromatic rings. The van der Waals surface area contributed by atoms with Crippen LogP contribution in [0.5, 0.6) is 0 Å². The molecule has 1 amide bonds. The van der Waals surface area contributed by atoms with E-state index in [1.165, 1.54) is 17.9 Å². The summed E-state index contributed by atoms with van der Waals surface area (Å²) in [4.78, 5) is 39.9. The lowest BCUT2D eigenvalue weighted by Gasteiger charge is -2.24. The molecule has 2 heterocycles. The van der Waals surface area contributed by atoms with Gasteiger partial charge in [0.05, 0.1) is 23.9 Å². The minimum atomic E-state index is -0.487. The van der Waals surface area contributed by atoms with E-state index in [4.69, 9.17) is 4.74 Å². The van der Waals surface area contributed by atoms with Crippen LogP contribution in [0.3, 0.4) is 0 Å². The van der Waals surface area contributed by atoms with Crippen LogP contribution in [-0.2, 0) is 16.1 Å². The number of ether oxygens (including phenoxy) is 1. The van der Waals surface area contributed by atoms with Gasteiger partial charge in [-0.1, -0.05) is 60.7 Å². The van der Waals surface area contributed by atoms with Gasteiger partial charge in [0.1, 0.15) is 5.37 Å². The molecule has 5 rings (SSSR count). The number of nitrogens with zero attached hydrogens (tertiary/aromatic N) is 2. The molecule has 170 valence electrons. The van der Waals surface area contributed by atoms with Gasteiger partial charge in [-0.05, 0) is 29.3 Å². The van der Waals surface area contributed by atoms with E-state index in [-0.39, 0.29) is 17.2 Å². The highest BCUT2D eigenvalue weighted by atomic mass is 32.2. The summed E-state index contributed by atoms with van der Waals surface area (Å²) >= 11 is 1.59. The molecular formula is C27H22N2O4S. The maximum atomic E-state index is 13.3. The second-order valence-electron chi connectivity index (χ2n) is 8.02. The zero-order valence-corrected chi connectivity index (χ0v) is 19.3. The van der Waals surface area contributed by atoms with E-state index in [0.717, 1.165) is 11.1 Å². The summed E-state index contributed by atoms with van der Waals surface area (Å²) in [5.74, 6) is -0.189. The Morgan fingerprint density at radius 3 is 2.41 bits per heavy atom. The molecule has 0 unspecified atom stereocenters. The number of carbonyl (C=O) groups excluding carboxylic acids is 3. The second kappa shape index (κ2) is 9.19. The molecule has 1 aromatic heterocycles. The van der Waals surface area contributed by atoms with Gasteiger partial charge in [0.15, 0.2) is 0 Å². The first kappa shape index (κ1) is 22.0. The monoisotopic (exact) mass is 470 g/mol. The summed E-state index contributed by atoms with van der Waals surface area (Å²) in [6.45, 7) is 0.545. The standard InChI is InChI=1S/C27H22N2O4S/c1-33-27(32)22-16-28(23-10-6-5-9-21(22)23)25(31)19-11-13-20(14-12-19)26-29(24(30)17-34-26)15-18-7-3-2-4-8-18/h2-14,16,26H,15,17H2,1H3/t26-/m1/s1. The third-order valence-electron chi connectivity index (χ3n) is 5.94. The lowest BCUT2D eigenvalue weighted by Crippen LogP contribution is -2.27. The quantitative estimate of drug-likeness (QED) is 0.389. The molecule has 1 aliphatic heterocycles. The van der Waals surface area contributed by atoms with Gasteiger partial charge in [0.25, 0.3) is 5.91 Å². The highest BCUT2D eigenvalue weighted by Gasteiger charge is 2.32. The number of hydrogen-bond donors (Lipinski definition) is 0. The van der Waals surface area contributed by atoms with Crippen LogP contribution in [0.15, 0.2) is 85.1 Å². The smallest absolute Gasteiger partial charge is 0.340 e. The molecule has 7 heteroatoms. The fourth-order valence-electron chi connectivity index (χ4n) is 4.23. The minimum Gasteiger partial charge on any atom is -0.465 e. The van der Waals surface area contributed by atoms with Crippen molar-refractivity contribution in [3.63, 3.8) is 0 Å². The molecule has 0 bridgehead atoms. The van der Waals surface area contributed by atoms with Gasteiger partial charge in [-0.2, -0.15) is 0 Å². The van der Waals surface area contributed by atoms with Gasteiger partial charge in [0, 0.05) is 23.7 Å². The van der Waals surface area contributed by atoms with Gasteiger partial charge in [0.2, 0.25) is 5.91 Å². The van der Waals surface area contributed by atoms with E-state index in [1.807, 2.05) is 59.5 Å². The Morgan fingerprint density at radius 1 is 0.971 bits per heavy atom. The van der Waals surface area contributed by atoms with Gasteiger partial charge < -0.3 is 9.64 Å². The van der Waals surface area contributed by atoms with Crippen LogP contribution in [0.2, 0.25) is 0 Å². The summed E-state index contributed by atoms with van der Waals surface area (Å²) in [5, 5.41) is 0.562. The predicted octanol–water partition coefficient (Wildman–Crippen LogP) is 4.89. The van der Waals surface area contributed by atoms with Gasteiger partial charge >= 0.3 is 5.97 Å². The van der Waals surface area contributed by atoms with Crippen molar-refractivity contribution in [1.82, 2.24) is 9.47 Å². The maximum absolute atomic E-state index is 13.3. The molecule has 1 fully saturated rings. The molecule has 1 aliphatic rings. The average molecular weight is 471 g/mol. The highest BCUT2D eigenvalue weighted by molar-refractivity contribution is 8.00. The maximum Gasteiger partial charge on any atom is 0.340 e. The Bertz CT molecular complexity index is 1380. The fourth-order valence-corrected chi connectivity index (χ4v) is 5.42. The third kappa shape index (κ3) is 3.99. The molecule has 0 radical (unpaired) electrons.